The summed E-state index contributed by atoms with van der Waals surface area (Å²) in [6.07, 6.45) is 0.924. The standard InChI is InChI=1S/C20H19FN4O2/c21-14-5-1-4-8-17(14)25-12-13(11-20(25)27)22-19(26)10-9-18-23-15-6-2-3-7-16(15)24-18/h1-8,13H,9-12H2,(H,22,26)(H,23,24). The van der Waals surface area contributed by atoms with Crippen LogP contribution >= 0.6 is 0 Å². The van der Waals surface area contributed by atoms with E-state index in [1.54, 1.807) is 18.2 Å². The summed E-state index contributed by atoms with van der Waals surface area (Å²) < 4.78 is 13.9. The molecule has 0 bridgehead atoms. The highest BCUT2D eigenvalue weighted by atomic mass is 19.1. The van der Waals surface area contributed by atoms with Gasteiger partial charge in [-0.2, -0.15) is 0 Å². The first-order chi connectivity index (χ1) is 13.1. The first kappa shape index (κ1) is 17.2. The van der Waals surface area contributed by atoms with Crippen LogP contribution in [-0.2, 0) is 16.0 Å². The highest BCUT2D eigenvalue weighted by Crippen LogP contribution is 2.24. The van der Waals surface area contributed by atoms with Crippen LogP contribution in [0.15, 0.2) is 48.5 Å². The van der Waals surface area contributed by atoms with Crippen LogP contribution in [0.2, 0.25) is 0 Å². The van der Waals surface area contributed by atoms with Crippen molar-refractivity contribution < 1.29 is 14.0 Å². The van der Waals surface area contributed by atoms with E-state index in [2.05, 4.69) is 15.3 Å². The molecule has 0 spiro atoms. The third-order valence-electron chi connectivity index (χ3n) is 4.66. The normalized spacial score (nSPS) is 16.9. The van der Waals surface area contributed by atoms with Crippen molar-refractivity contribution in [1.82, 2.24) is 15.3 Å². The summed E-state index contributed by atoms with van der Waals surface area (Å²) in [5, 5.41) is 2.87. The highest BCUT2D eigenvalue weighted by Gasteiger charge is 2.32. The van der Waals surface area contributed by atoms with E-state index in [0.29, 0.717) is 6.42 Å². The van der Waals surface area contributed by atoms with Gasteiger partial charge in [0.25, 0.3) is 0 Å². The number of H-pyrrole nitrogens is 1. The van der Waals surface area contributed by atoms with Crippen LogP contribution in [0.3, 0.4) is 0 Å². The Kier molecular flexibility index (Phi) is 4.58. The molecule has 0 saturated carbocycles. The van der Waals surface area contributed by atoms with Crippen LogP contribution in [0, 0.1) is 5.82 Å². The average Bonchev–Trinajstić information content (AvgIpc) is 3.23. The number of fused-ring (bicyclic) bond motifs is 1. The fourth-order valence-corrected chi connectivity index (χ4v) is 3.36. The Balaban J connectivity index is 1.33. The third kappa shape index (κ3) is 3.67. The largest absolute Gasteiger partial charge is 0.351 e. The summed E-state index contributed by atoms with van der Waals surface area (Å²) in [5.74, 6) is -0.0316. The van der Waals surface area contributed by atoms with Gasteiger partial charge in [0.05, 0.1) is 22.8 Å². The fourth-order valence-electron chi connectivity index (χ4n) is 3.36. The quantitative estimate of drug-likeness (QED) is 0.728. The van der Waals surface area contributed by atoms with Crippen LogP contribution in [0.1, 0.15) is 18.7 Å². The summed E-state index contributed by atoms with van der Waals surface area (Å²) in [6.45, 7) is 0.274. The number of carbonyl (C=O) groups excluding carboxylic acids is 2. The first-order valence-corrected chi connectivity index (χ1v) is 8.88. The Morgan fingerprint density at radius 2 is 2.00 bits per heavy atom. The molecule has 1 unspecified atom stereocenters. The second kappa shape index (κ2) is 7.19. The van der Waals surface area contributed by atoms with Gasteiger partial charge in [0, 0.05) is 25.8 Å². The van der Waals surface area contributed by atoms with Gasteiger partial charge in [-0.15, -0.1) is 0 Å². The first-order valence-electron chi connectivity index (χ1n) is 8.88. The monoisotopic (exact) mass is 366 g/mol. The van der Waals surface area contributed by atoms with E-state index in [1.165, 1.54) is 11.0 Å². The van der Waals surface area contributed by atoms with Gasteiger partial charge in [-0.05, 0) is 24.3 Å². The molecule has 6 nitrogen and oxygen atoms in total. The fraction of sp³-hybridized carbons (Fsp3) is 0.250. The predicted molar refractivity (Wildman–Crippen MR) is 99.7 cm³/mol. The van der Waals surface area contributed by atoms with E-state index in [0.717, 1.165) is 16.9 Å². The number of carbonyl (C=O) groups is 2. The minimum absolute atomic E-state index is 0.149. The lowest BCUT2D eigenvalue weighted by molar-refractivity contribution is -0.121. The van der Waals surface area contributed by atoms with E-state index in [9.17, 15) is 14.0 Å². The Hall–Kier alpha value is -3.22. The molecule has 2 amide bonds. The van der Waals surface area contributed by atoms with Crippen molar-refractivity contribution in [3.8, 4) is 0 Å². The lowest BCUT2D eigenvalue weighted by atomic mass is 10.2. The number of aromatic amines is 1. The number of benzene rings is 2. The van der Waals surface area contributed by atoms with E-state index < -0.39 is 5.82 Å². The SMILES string of the molecule is O=C(CCc1nc2ccccc2[nH]1)NC1CC(=O)N(c2ccccc2F)C1. The molecule has 1 aliphatic rings. The summed E-state index contributed by atoms with van der Waals surface area (Å²) in [7, 11) is 0. The number of nitrogens with zero attached hydrogens (tertiary/aromatic N) is 2. The Bertz CT molecular complexity index is 967. The maximum atomic E-state index is 13.9. The van der Waals surface area contributed by atoms with E-state index >= 15 is 0 Å². The lowest BCUT2D eigenvalue weighted by Crippen LogP contribution is -2.37. The minimum atomic E-state index is -0.442. The van der Waals surface area contributed by atoms with Crippen molar-refractivity contribution in [3.05, 3.63) is 60.2 Å². The number of aryl methyl sites for hydroxylation is 1. The van der Waals surface area contributed by atoms with Crippen LogP contribution in [0.5, 0.6) is 0 Å². The van der Waals surface area contributed by atoms with E-state index in [4.69, 9.17) is 0 Å². The smallest absolute Gasteiger partial charge is 0.229 e. The van der Waals surface area contributed by atoms with Gasteiger partial charge in [0.1, 0.15) is 11.6 Å². The molecule has 2 aromatic carbocycles. The number of nitrogens with one attached hydrogen (secondary N) is 2. The summed E-state index contributed by atoms with van der Waals surface area (Å²) >= 11 is 0. The van der Waals surface area contributed by atoms with Crippen LogP contribution < -0.4 is 10.2 Å². The van der Waals surface area contributed by atoms with Gasteiger partial charge in [0.15, 0.2) is 0 Å². The number of anilines is 1. The summed E-state index contributed by atoms with van der Waals surface area (Å²) in [4.78, 5) is 33.5. The molecule has 138 valence electrons. The molecule has 1 aromatic heterocycles. The maximum Gasteiger partial charge on any atom is 0.229 e. The minimum Gasteiger partial charge on any atom is -0.351 e. The molecule has 1 aliphatic heterocycles. The number of para-hydroxylation sites is 3. The van der Waals surface area contributed by atoms with Crippen molar-refractivity contribution >= 4 is 28.5 Å². The third-order valence-corrected chi connectivity index (χ3v) is 4.66. The van der Waals surface area contributed by atoms with E-state index in [-0.39, 0.29) is 42.9 Å². The van der Waals surface area contributed by atoms with Gasteiger partial charge in [0.2, 0.25) is 11.8 Å². The zero-order valence-electron chi connectivity index (χ0n) is 14.6. The molecule has 3 aromatic rings. The van der Waals surface area contributed by atoms with Gasteiger partial charge in [-0.1, -0.05) is 24.3 Å². The number of hydrogen-bond acceptors (Lipinski definition) is 3. The molecule has 1 saturated heterocycles. The summed E-state index contributed by atoms with van der Waals surface area (Å²) in [6, 6.07) is 13.5. The molecule has 27 heavy (non-hydrogen) atoms. The zero-order chi connectivity index (χ0) is 18.8. The molecule has 1 atom stereocenters. The molecule has 2 heterocycles. The Morgan fingerprint density at radius 3 is 2.81 bits per heavy atom. The molecule has 0 aliphatic carbocycles. The van der Waals surface area contributed by atoms with Crippen molar-refractivity contribution in [2.24, 2.45) is 0 Å². The van der Waals surface area contributed by atoms with Crippen molar-refractivity contribution in [3.63, 3.8) is 0 Å². The zero-order valence-corrected chi connectivity index (χ0v) is 14.6. The number of rotatable bonds is 5. The second-order valence-corrected chi connectivity index (χ2v) is 6.62. The second-order valence-electron chi connectivity index (χ2n) is 6.62. The highest BCUT2D eigenvalue weighted by molar-refractivity contribution is 5.97. The predicted octanol–water partition coefficient (Wildman–Crippen LogP) is 2.56. The molecular formula is C20H19FN4O2. The maximum absolute atomic E-state index is 13.9. The van der Waals surface area contributed by atoms with Gasteiger partial charge >= 0.3 is 0 Å². The molecule has 7 heteroatoms. The molecule has 2 N–H and O–H groups in total. The molecule has 0 radical (unpaired) electrons. The number of aromatic nitrogens is 2. The Labute approximate surface area is 155 Å². The molecule has 1 fully saturated rings. The number of imidazole rings is 1. The van der Waals surface area contributed by atoms with Gasteiger partial charge in [-0.25, -0.2) is 9.37 Å². The van der Waals surface area contributed by atoms with E-state index in [1.807, 2.05) is 24.3 Å². The van der Waals surface area contributed by atoms with Crippen LogP contribution in [0.4, 0.5) is 10.1 Å². The van der Waals surface area contributed by atoms with Crippen molar-refractivity contribution in [2.75, 3.05) is 11.4 Å². The van der Waals surface area contributed by atoms with Gasteiger partial charge in [-0.3, -0.25) is 9.59 Å². The van der Waals surface area contributed by atoms with Crippen LogP contribution in [0.25, 0.3) is 11.0 Å². The van der Waals surface area contributed by atoms with Crippen molar-refractivity contribution in [2.45, 2.75) is 25.3 Å². The molecular weight excluding hydrogens is 347 g/mol. The Morgan fingerprint density at radius 1 is 1.22 bits per heavy atom. The molecule has 4 rings (SSSR count). The summed E-state index contributed by atoms with van der Waals surface area (Å²) in [5.41, 5.74) is 2.06. The van der Waals surface area contributed by atoms with Crippen molar-refractivity contribution in [1.29, 1.82) is 0 Å². The topological polar surface area (TPSA) is 78.1 Å². The average molecular weight is 366 g/mol. The number of hydrogen-bond donors (Lipinski definition) is 2. The number of halogens is 1. The lowest BCUT2D eigenvalue weighted by Gasteiger charge is -2.17. The van der Waals surface area contributed by atoms with Gasteiger partial charge < -0.3 is 15.2 Å². The van der Waals surface area contributed by atoms with Crippen LogP contribution in [-0.4, -0.2) is 34.4 Å². The number of amides is 2.